The molecule has 0 aliphatic carbocycles. The predicted molar refractivity (Wildman–Crippen MR) is 160 cm³/mol. The van der Waals surface area contributed by atoms with Gasteiger partial charge in [-0.1, -0.05) is 31.5 Å². The number of amides is 1. The standard InChI is InChI=1S/C30H37ClN4O4S/c1-5-32-19-26(30(37)34-12-10-33(11-13-34)28-15-23(31)7-6-22(28)4)29(36)25-16-24(8-9-27(25)32)40(38,39)35-17-20(2)14-21(3)18-35/h6-9,15-16,19-21H,5,10-14,17-18H2,1-4H3. The molecule has 2 aliphatic heterocycles. The summed E-state index contributed by atoms with van der Waals surface area (Å²) in [5.74, 6) is 0.205. The van der Waals surface area contributed by atoms with E-state index in [2.05, 4.69) is 18.7 Å². The van der Waals surface area contributed by atoms with Crippen LogP contribution < -0.4 is 10.3 Å². The molecule has 2 saturated heterocycles. The lowest BCUT2D eigenvalue weighted by atomic mass is 9.94. The molecule has 1 amide bonds. The summed E-state index contributed by atoms with van der Waals surface area (Å²) in [6.07, 6.45) is 2.60. The molecule has 10 heteroatoms. The van der Waals surface area contributed by atoms with Crippen molar-refractivity contribution in [1.82, 2.24) is 13.8 Å². The lowest BCUT2D eigenvalue weighted by molar-refractivity contribution is 0.0745. The number of aromatic nitrogens is 1. The van der Waals surface area contributed by atoms with Gasteiger partial charge in [-0.3, -0.25) is 9.59 Å². The number of piperazine rings is 1. The van der Waals surface area contributed by atoms with E-state index in [-0.39, 0.29) is 33.6 Å². The van der Waals surface area contributed by atoms with Crippen molar-refractivity contribution in [3.63, 3.8) is 0 Å². The highest BCUT2D eigenvalue weighted by atomic mass is 35.5. The largest absolute Gasteiger partial charge is 0.368 e. The van der Waals surface area contributed by atoms with Gasteiger partial charge in [-0.05, 0) is 68.0 Å². The van der Waals surface area contributed by atoms with Gasteiger partial charge in [0.25, 0.3) is 5.91 Å². The number of nitrogens with zero attached hydrogens (tertiary/aromatic N) is 4. The number of aryl methyl sites for hydroxylation is 2. The average molecular weight is 585 g/mol. The van der Waals surface area contributed by atoms with Crippen molar-refractivity contribution >= 4 is 44.1 Å². The number of carbonyl (C=O) groups excluding carboxylic acids is 1. The van der Waals surface area contributed by atoms with Crippen molar-refractivity contribution in [1.29, 1.82) is 0 Å². The minimum Gasteiger partial charge on any atom is -0.368 e. The molecular weight excluding hydrogens is 548 g/mol. The zero-order valence-electron chi connectivity index (χ0n) is 23.6. The Morgan fingerprint density at radius 2 is 1.68 bits per heavy atom. The summed E-state index contributed by atoms with van der Waals surface area (Å²) in [5.41, 5.74) is 2.41. The lowest BCUT2D eigenvalue weighted by Gasteiger charge is -2.37. The molecule has 0 N–H and O–H groups in total. The minimum absolute atomic E-state index is 0.0662. The fraction of sp³-hybridized carbons (Fsp3) is 0.467. The van der Waals surface area contributed by atoms with Gasteiger partial charge in [0.15, 0.2) is 0 Å². The maximum Gasteiger partial charge on any atom is 0.259 e. The fourth-order valence-electron chi connectivity index (χ4n) is 6.15. The van der Waals surface area contributed by atoms with E-state index in [0.29, 0.717) is 56.4 Å². The van der Waals surface area contributed by atoms with Crippen LogP contribution in [0.5, 0.6) is 0 Å². The molecule has 214 valence electrons. The minimum atomic E-state index is -3.77. The number of sulfonamides is 1. The van der Waals surface area contributed by atoms with Crippen LogP contribution in [0.3, 0.4) is 0 Å². The van der Waals surface area contributed by atoms with E-state index in [1.165, 1.54) is 10.4 Å². The molecule has 5 rings (SSSR count). The third-order valence-electron chi connectivity index (χ3n) is 8.17. The number of hydrogen-bond acceptors (Lipinski definition) is 5. The van der Waals surface area contributed by atoms with E-state index in [9.17, 15) is 18.0 Å². The molecule has 40 heavy (non-hydrogen) atoms. The number of anilines is 1. The molecule has 2 unspecified atom stereocenters. The van der Waals surface area contributed by atoms with Gasteiger partial charge >= 0.3 is 0 Å². The van der Waals surface area contributed by atoms with Crippen molar-refractivity contribution in [3.8, 4) is 0 Å². The Morgan fingerprint density at radius 3 is 2.33 bits per heavy atom. The van der Waals surface area contributed by atoms with Crippen molar-refractivity contribution in [3.05, 3.63) is 69.0 Å². The smallest absolute Gasteiger partial charge is 0.259 e. The normalized spacial score (nSPS) is 20.7. The van der Waals surface area contributed by atoms with Gasteiger partial charge < -0.3 is 14.4 Å². The number of hydrogen-bond donors (Lipinski definition) is 0. The second kappa shape index (κ2) is 11.2. The van der Waals surface area contributed by atoms with E-state index in [1.54, 1.807) is 23.2 Å². The molecule has 2 atom stereocenters. The Morgan fingerprint density at radius 1 is 1.00 bits per heavy atom. The quantitative estimate of drug-likeness (QED) is 0.437. The third kappa shape index (κ3) is 5.39. The first-order chi connectivity index (χ1) is 19.0. The van der Waals surface area contributed by atoms with Gasteiger partial charge in [0.05, 0.1) is 10.4 Å². The molecule has 0 radical (unpaired) electrons. The highest BCUT2D eigenvalue weighted by molar-refractivity contribution is 7.89. The molecule has 2 aromatic carbocycles. The van der Waals surface area contributed by atoms with Gasteiger partial charge in [0, 0.05) is 68.1 Å². The molecule has 3 aromatic rings. The van der Waals surface area contributed by atoms with E-state index in [4.69, 9.17) is 11.6 Å². The summed E-state index contributed by atoms with van der Waals surface area (Å²) in [6, 6.07) is 10.5. The topological polar surface area (TPSA) is 82.9 Å². The van der Waals surface area contributed by atoms with Crippen LogP contribution in [0.25, 0.3) is 10.9 Å². The van der Waals surface area contributed by atoms with Crippen molar-refractivity contribution in [2.24, 2.45) is 11.8 Å². The van der Waals surface area contributed by atoms with Crippen LogP contribution in [0.2, 0.25) is 5.02 Å². The van der Waals surface area contributed by atoms with Crippen LogP contribution >= 0.6 is 11.6 Å². The third-order valence-corrected chi connectivity index (χ3v) is 10.2. The Labute approximate surface area is 241 Å². The van der Waals surface area contributed by atoms with Crippen LogP contribution in [-0.2, 0) is 16.6 Å². The number of halogens is 1. The Balaban J connectivity index is 1.45. The highest BCUT2D eigenvalue weighted by Crippen LogP contribution is 2.29. The summed E-state index contributed by atoms with van der Waals surface area (Å²) in [6.45, 7) is 11.7. The number of carbonyl (C=O) groups is 1. The van der Waals surface area contributed by atoms with Gasteiger partial charge in [0.2, 0.25) is 15.5 Å². The maximum absolute atomic E-state index is 13.7. The van der Waals surface area contributed by atoms with Crippen molar-refractivity contribution in [2.75, 3.05) is 44.2 Å². The predicted octanol–water partition coefficient (Wildman–Crippen LogP) is 4.61. The summed E-state index contributed by atoms with van der Waals surface area (Å²) in [7, 11) is -3.77. The monoisotopic (exact) mass is 584 g/mol. The first-order valence-corrected chi connectivity index (χ1v) is 15.8. The number of fused-ring (bicyclic) bond motifs is 1. The van der Waals surface area contributed by atoms with Crippen LogP contribution in [0.15, 0.2) is 52.3 Å². The van der Waals surface area contributed by atoms with Crippen molar-refractivity contribution in [2.45, 2.75) is 45.6 Å². The molecular formula is C30H37ClN4O4S. The second-order valence-corrected chi connectivity index (χ2v) is 13.7. The zero-order chi connectivity index (χ0) is 28.8. The molecule has 0 saturated carbocycles. The maximum atomic E-state index is 13.7. The summed E-state index contributed by atoms with van der Waals surface area (Å²) < 4.78 is 30.5. The van der Waals surface area contributed by atoms with E-state index >= 15 is 0 Å². The first kappa shape index (κ1) is 28.6. The van der Waals surface area contributed by atoms with Crippen molar-refractivity contribution < 1.29 is 13.2 Å². The number of pyridine rings is 1. The van der Waals surface area contributed by atoms with E-state index in [0.717, 1.165) is 17.7 Å². The summed E-state index contributed by atoms with van der Waals surface area (Å²) >= 11 is 6.22. The van der Waals surface area contributed by atoms with Gasteiger partial charge in [-0.15, -0.1) is 0 Å². The van der Waals surface area contributed by atoms with Crippen LogP contribution in [0.1, 0.15) is 43.1 Å². The molecule has 0 bridgehead atoms. The Bertz CT molecular complexity index is 1600. The zero-order valence-corrected chi connectivity index (χ0v) is 25.1. The van der Waals surface area contributed by atoms with E-state index < -0.39 is 15.5 Å². The summed E-state index contributed by atoms with van der Waals surface area (Å²) in [4.78, 5) is 31.4. The average Bonchev–Trinajstić information content (AvgIpc) is 2.93. The lowest BCUT2D eigenvalue weighted by Crippen LogP contribution is -2.49. The van der Waals surface area contributed by atoms with Crippen LogP contribution in [-0.4, -0.2) is 67.4 Å². The highest BCUT2D eigenvalue weighted by Gasteiger charge is 2.32. The molecule has 2 fully saturated rings. The summed E-state index contributed by atoms with van der Waals surface area (Å²) in [5, 5.41) is 0.918. The molecule has 2 aliphatic rings. The van der Waals surface area contributed by atoms with Gasteiger partial charge in [-0.25, -0.2) is 8.42 Å². The molecule has 8 nitrogen and oxygen atoms in total. The molecule has 1 aromatic heterocycles. The Hall–Kier alpha value is -2.88. The van der Waals surface area contributed by atoms with Gasteiger partial charge in [-0.2, -0.15) is 4.31 Å². The molecule has 0 spiro atoms. The Kier molecular flexibility index (Phi) is 8.01. The van der Waals surface area contributed by atoms with E-state index in [1.807, 2.05) is 36.6 Å². The first-order valence-electron chi connectivity index (χ1n) is 14.0. The van der Waals surface area contributed by atoms with Crippen LogP contribution in [0.4, 0.5) is 5.69 Å². The second-order valence-electron chi connectivity index (χ2n) is 11.3. The number of piperidine rings is 1. The SMILES string of the molecule is CCn1cc(C(=O)N2CCN(c3cc(Cl)ccc3C)CC2)c(=O)c2cc(S(=O)(=O)N3CC(C)CC(C)C3)ccc21. The fourth-order valence-corrected chi connectivity index (χ4v) is 8.02. The number of rotatable bonds is 5. The van der Waals surface area contributed by atoms with Gasteiger partial charge in [0.1, 0.15) is 5.56 Å². The van der Waals surface area contributed by atoms with Crippen LogP contribution in [0, 0.1) is 18.8 Å². The number of benzene rings is 2. The molecule has 3 heterocycles.